The Kier molecular flexibility index (Phi) is 5.02. The van der Waals surface area contributed by atoms with Crippen molar-refractivity contribution >= 4 is 5.82 Å². The maximum Gasteiger partial charge on any atom is 0.165 e. The van der Waals surface area contributed by atoms with E-state index in [0.717, 1.165) is 62.1 Å². The van der Waals surface area contributed by atoms with Crippen molar-refractivity contribution in [3.05, 3.63) is 47.7 Å². The zero-order valence-corrected chi connectivity index (χ0v) is 14.5. The molecule has 2 aliphatic rings. The maximum atomic E-state index is 5.87. The Labute approximate surface area is 149 Å². The molecule has 2 aliphatic heterocycles. The SMILES string of the molecule is c1cc(CNCc2ccc(N3CCCC3)nc2)c2c(c1)OCCCO2. The van der Waals surface area contributed by atoms with E-state index in [-0.39, 0.29) is 0 Å². The number of nitrogens with one attached hydrogen (secondary N) is 1. The summed E-state index contributed by atoms with van der Waals surface area (Å²) in [5.41, 5.74) is 2.34. The highest BCUT2D eigenvalue weighted by atomic mass is 16.5. The Morgan fingerprint density at radius 3 is 2.68 bits per heavy atom. The number of hydrogen-bond acceptors (Lipinski definition) is 5. The van der Waals surface area contributed by atoms with Crippen LogP contribution < -0.4 is 19.7 Å². The van der Waals surface area contributed by atoms with Crippen LogP contribution >= 0.6 is 0 Å². The van der Waals surface area contributed by atoms with Crippen molar-refractivity contribution in [2.45, 2.75) is 32.4 Å². The highest BCUT2D eigenvalue weighted by Gasteiger charge is 2.15. The Morgan fingerprint density at radius 1 is 0.960 bits per heavy atom. The van der Waals surface area contributed by atoms with E-state index in [1.807, 2.05) is 18.3 Å². The summed E-state index contributed by atoms with van der Waals surface area (Å²) < 4.78 is 11.6. The first-order valence-corrected chi connectivity index (χ1v) is 9.18. The molecule has 0 saturated carbocycles. The summed E-state index contributed by atoms with van der Waals surface area (Å²) in [4.78, 5) is 6.97. The average molecular weight is 339 g/mol. The lowest BCUT2D eigenvalue weighted by Gasteiger charge is -2.16. The minimum absolute atomic E-state index is 0.714. The van der Waals surface area contributed by atoms with Gasteiger partial charge >= 0.3 is 0 Å². The zero-order chi connectivity index (χ0) is 16.9. The fourth-order valence-corrected chi connectivity index (χ4v) is 3.39. The summed E-state index contributed by atoms with van der Waals surface area (Å²) in [5.74, 6) is 2.84. The van der Waals surface area contributed by atoms with Crippen molar-refractivity contribution in [3.63, 3.8) is 0 Å². The van der Waals surface area contributed by atoms with Gasteiger partial charge in [0.05, 0.1) is 13.2 Å². The fourth-order valence-electron chi connectivity index (χ4n) is 3.39. The quantitative estimate of drug-likeness (QED) is 0.907. The van der Waals surface area contributed by atoms with E-state index in [9.17, 15) is 0 Å². The van der Waals surface area contributed by atoms with E-state index in [1.165, 1.54) is 18.4 Å². The second-order valence-electron chi connectivity index (χ2n) is 6.62. The number of para-hydroxylation sites is 1. The number of anilines is 1. The van der Waals surface area contributed by atoms with Crippen molar-refractivity contribution in [1.29, 1.82) is 0 Å². The third-order valence-corrected chi connectivity index (χ3v) is 4.74. The first kappa shape index (κ1) is 16.2. The largest absolute Gasteiger partial charge is 0.490 e. The van der Waals surface area contributed by atoms with Crippen molar-refractivity contribution in [2.75, 3.05) is 31.2 Å². The number of ether oxygens (including phenoxy) is 2. The molecule has 1 fully saturated rings. The van der Waals surface area contributed by atoms with Crippen LogP contribution in [-0.2, 0) is 13.1 Å². The summed E-state index contributed by atoms with van der Waals surface area (Å²) in [7, 11) is 0. The van der Waals surface area contributed by atoms with Crippen LogP contribution in [0, 0.1) is 0 Å². The Balaban J connectivity index is 1.35. The van der Waals surface area contributed by atoms with Crippen LogP contribution in [0.5, 0.6) is 11.5 Å². The number of aromatic nitrogens is 1. The van der Waals surface area contributed by atoms with E-state index in [4.69, 9.17) is 9.47 Å². The van der Waals surface area contributed by atoms with Crippen molar-refractivity contribution in [3.8, 4) is 11.5 Å². The second kappa shape index (κ2) is 7.74. The third kappa shape index (κ3) is 3.87. The summed E-state index contributed by atoms with van der Waals surface area (Å²) in [6, 6.07) is 10.4. The number of benzene rings is 1. The number of hydrogen-bond donors (Lipinski definition) is 1. The minimum Gasteiger partial charge on any atom is -0.490 e. The molecule has 1 saturated heterocycles. The third-order valence-electron chi connectivity index (χ3n) is 4.74. The molecule has 0 unspecified atom stereocenters. The molecule has 4 rings (SSSR count). The Hall–Kier alpha value is -2.27. The van der Waals surface area contributed by atoms with Gasteiger partial charge in [-0.15, -0.1) is 0 Å². The van der Waals surface area contributed by atoms with Crippen LogP contribution in [0.15, 0.2) is 36.5 Å². The van der Waals surface area contributed by atoms with Gasteiger partial charge in [-0.05, 0) is 30.5 Å². The van der Waals surface area contributed by atoms with E-state index < -0.39 is 0 Å². The highest BCUT2D eigenvalue weighted by molar-refractivity contribution is 5.47. The van der Waals surface area contributed by atoms with Crippen molar-refractivity contribution in [1.82, 2.24) is 10.3 Å². The molecular weight excluding hydrogens is 314 g/mol. The van der Waals surface area contributed by atoms with Crippen LogP contribution in [0.25, 0.3) is 0 Å². The number of rotatable bonds is 5. The predicted octanol–water partition coefficient (Wildman–Crippen LogP) is 3.13. The van der Waals surface area contributed by atoms with Gasteiger partial charge in [-0.25, -0.2) is 4.98 Å². The van der Waals surface area contributed by atoms with Gasteiger partial charge in [-0.3, -0.25) is 0 Å². The predicted molar refractivity (Wildman–Crippen MR) is 98.3 cm³/mol. The van der Waals surface area contributed by atoms with Crippen LogP contribution in [0.2, 0.25) is 0 Å². The Bertz CT molecular complexity index is 697. The van der Waals surface area contributed by atoms with Crippen LogP contribution in [0.1, 0.15) is 30.4 Å². The summed E-state index contributed by atoms with van der Waals surface area (Å²) >= 11 is 0. The van der Waals surface area contributed by atoms with Gasteiger partial charge in [0.2, 0.25) is 0 Å². The van der Waals surface area contributed by atoms with E-state index in [0.29, 0.717) is 6.61 Å². The van der Waals surface area contributed by atoms with Gasteiger partial charge in [0.1, 0.15) is 5.82 Å². The molecule has 0 amide bonds. The summed E-state index contributed by atoms with van der Waals surface area (Å²) in [6.45, 7) is 5.24. The smallest absolute Gasteiger partial charge is 0.165 e. The first-order chi connectivity index (χ1) is 12.4. The molecule has 0 bridgehead atoms. The molecule has 5 nitrogen and oxygen atoms in total. The maximum absolute atomic E-state index is 5.87. The molecule has 1 N–H and O–H groups in total. The molecule has 5 heteroatoms. The zero-order valence-electron chi connectivity index (χ0n) is 14.5. The lowest BCUT2D eigenvalue weighted by molar-refractivity contribution is 0.296. The number of fused-ring (bicyclic) bond motifs is 1. The lowest BCUT2D eigenvalue weighted by atomic mass is 10.1. The molecule has 0 aliphatic carbocycles. The van der Waals surface area contributed by atoms with E-state index in [2.05, 4.69) is 33.4 Å². The standard InChI is InChI=1S/C20H25N3O2/c1-2-10-23(9-1)19-8-7-16(14-22-19)13-21-15-17-5-3-6-18-20(17)25-12-4-11-24-18/h3,5-8,14,21H,1-2,4,9-13,15H2. The van der Waals surface area contributed by atoms with Gasteiger partial charge in [0, 0.05) is 44.4 Å². The molecular formula is C20H25N3O2. The second-order valence-corrected chi connectivity index (χ2v) is 6.62. The molecule has 3 heterocycles. The number of nitrogens with zero attached hydrogens (tertiary/aromatic N) is 2. The average Bonchev–Trinajstić information content (AvgIpc) is 3.07. The first-order valence-electron chi connectivity index (χ1n) is 9.18. The van der Waals surface area contributed by atoms with E-state index >= 15 is 0 Å². The fraction of sp³-hybridized carbons (Fsp3) is 0.450. The molecule has 1 aromatic heterocycles. The summed E-state index contributed by atoms with van der Waals surface area (Å²) in [6.07, 6.45) is 5.46. The van der Waals surface area contributed by atoms with Gasteiger partial charge in [-0.1, -0.05) is 18.2 Å². The van der Waals surface area contributed by atoms with Crippen LogP contribution in [0.3, 0.4) is 0 Å². The Morgan fingerprint density at radius 2 is 1.84 bits per heavy atom. The molecule has 1 aromatic carbocycles. The monoisotopic (exact) mass is 339 g/mol. The van der Waals surface area contributed by atoms with Crippen molar-refractivity contribution < 1.29 is 9.47 Å². The topological polar surface area (TPSA) is 46.6 Å². The summed E-state index contributed by atoms with van der Waals surface area (Å²) in [5, 5.41) is 3.49. The van der Waals surface area contributed by atoms with Gasteiger partial charge < -0.3 is 19.7 Å². The molecule has 0 spiro atoms. The van der Waals surface area contributed by atoms with Crippen molar-refractivity contribution in [2.24, 2.45) is 0 Å². The van der Waals surface area contributed by atoms with E-state index in [1.54, 1.807) is 0 Å². The highest BCUT2D eigenvalue weighted by Crippen LogP contribution is 2.33. The number of pyridine rings is 1. The van der Waals surface area contributed by atoms with Gasteiger partial charge in [0.15, 0.2) is 11.5 Å². The molecule has 25 heavy (non-hydrogen) atoms. The minimum atomic E-state index is 0.714. The normalized spacial score (nSPS) is 16.7. The lowest BCUT2D eigenvalue weighted by Crippen LogP contribution is -2.19. The van der Waals surface area contributed by atoms with Gasteiger partial charge in [0.25, 0.3) is 0 Å². The molecule has 0 atom stereocenters. The molecule has 132 valence electrons. The molecule has 0 radical (unpaired) electrons. The van der Waals surface area contributed by atoms with Crippen LogP contribution in [0.4, 0.5) is 5.82 Å². The molecule has 2 aromatic rings. The van der Waals surface area contributed by atoms with Gasteiger partial charge in [-0.2, -0.15) is 0 Å². The van der Waals surface area contributed by atoms with Crippen LogP contribution in [-0.4, -0.2) is 31.3 Å².